The van der Waals surface area contributed by atoms with E-state index in [1.807, 2.05) is 19.9 Å². The largest absolute Gasteiger partial charge is 0.496 e. The Hall–Kier alpha value is -1.02. The van der Waals surface area contributed by atoms with Gasteiger partial charge in [-0.05, 0) is 45.7 Å². The quantitative estimate of drug-likeness (QED) is 0.364. The molecule has 138 valence electrons. The fourth-order valence-corrected chi connectivity index (χ4v) is 2.09. The summed E-state index contributed by atoms with van der Waals surface area (Å²) < 4.78 is 10.8. The number of aliphatic imine (C=N–C) groups is 1. The SMILES string of the molecule is CCNC(=NCC(C)(C)OC)NCCc1cc(C)ccc1OC.I. The molecule has 0 unspecified atom stereocenters. The van der Waals surface area contributed by atoms with Crippen LogP contribution in [0.15, 0.2) is 23.2 Å². The van der Waals surface area contributed by atoms with Crippen molar-refractivity contribution in [3.63, 3.8) is 0 Å². The van der Waals surface area contributed by atoms with Gasteiger partial charge in [0.15, 0.2) is 5.96 Å². The second-order valence-corrected chi connectivity index (χ2v) is 6.15. The first kappa shape index (κ1) is 23.0. The molecule has 1 aromatic rings. The van der Waals surface area contributed by atoms with Crippen LogP contribution >= 0.6 is 24.0 Å². The summed E-state index contributed by atoms with van der Waals surface area (Å²) in [6, 6.07) is 6.25. The van der Waals surface area contributed by atoms with E-state index >= 15 is 0 Å². The van der Waals surface area contributed by atoms with Gasteiger partial charge in [0, 0.05) is 20.2 Å². The van der Waals surface area contributed by atoms with Gasteiger partial charge in [-0.15, -0.1) is 24.0 Å². The molecule has 1 rings (SSSR count). The minimum absolute atomic E-state index is 0. The van der Waals surface area contributed by atoms with Crippen LogP contribution in [0.3, 0.4) is 0 Å². The van der Waals surface area contributed by atoms with Gasteiger partial charge in [0.2, 0.25) is 0 Å². The molecule has 5 nitrogen and oxygen atoms in total. The zero-order chi connectivity index (χ0) is 17.3. The van der Waals surface area contributed by atoms with Crippen LogP contribution in [0.25, 0.3) is 0 Å². The van der Waals surface area contributed by atoms with Gasteiger partial charge >= 0.3 is 0 Å². The van der Waals surface area contributed by atoms with Crippen LogP contribution in [0.5, 0.6) is 5.75 Å². The minimum atomic E-state index is -0.262. The van der Waals surface area contributed by atoms with Crippen LogP contribution in [0.4, 0.5) is 0 Å². The number of ether oxygens (including phenoxy) is 2. The molecule has 0 aromatic heterocycles. The average Bonchev–Trinajstić information content (AvgIpc) is 2.53. The Balaban J connectivity index is 0.00000529. The number of benzene rings is 1. The van der Waals surface area contributed by atoms with E-state index < -0.39 is 0 Å². The van der Waals surface area contributed by atoms with Gasteiger partial charge in [-0.1, -0.05) is 17.7 Å². The van der Waals surface area contributed by atoms with Gasteiger partial charge in [-0.3, -0.25) is 4.99 Å². The standard InChI is InChI=1S/C18H31N3O2.HI/c1-7-19-17(21-13-18(3,4)23-6)20-11-10-15-12-14(2)8-9-16(15)22-5;/h8-9,12H,7,10-11,13H2,1-6H3,(H2,19,20,21);1H. The summed E-state index contributed by atoms with van der Waals surface area (Å²) in [6.07, 6.45) is 0.878. The number of methoxy groups -OCH3 is 2. The molecule has 1 aromatic carbocycles. The lowest BCUT2D eigenvalue weighted by atomic mass is 10.1. The van der Waals surface area contributed by atoms with Crippen LogP contribution < -0.4 is 15.4 Å². The van der Waals surface area contributed by atoms with E-state index in [-0.39, 0.29) is 29.6 Å². The summed E-state index contributed by atoms with van der Waals surface area (Å²) in [5, 5.41) is 6.62. The van der Waals surface area contributed by atoms with Crippen molar-refractivity contribution in [2.45, 2.75) is 39.7 Å². The Morgan fingerprint density at radius 2 is 1.92 bits per heavy atom. The number of hydrogen-bond donors (Lipinski definition) is 2. The van der Waals surface area contributed by atoms with Gasteiger partial charge in [-0.2, -0.15) is 0 Å². The second kappa shape index (κ2) is 11.5. The molecule has 0 aliphatic rings. The maximum absolute atomic E-state index is 5.42. The van der Waals surface area contributed by atoms with Crippen molar-refractivity contribution in [2.75, 3.05) is 33.9 Å². The van der Waals surface area contributed by atoms with E-state index in [0.29, 0.717) is 6.54 Å². The lowest BCUT2D eigenvalue weighted by molar-refractivity contribution is 0.0310. The van der Waals surface area contributed by atoms with E-state index in [1.54, 1.807) is 14.2 Å². The van der Waals surface area contributed by atoms with Gasteiger partial charge in [-0.25, -0.2) is 0 Å². The first-order valence-electron chi connectivity index (χ1n) is 8.12. The van der Waals surface area contributed by atoms with Crippen molar-refractivity contribution in [1.29, 1.82) is 0 Å². The molecule has 6 heteroatoms. The number of nitrogens with zero attached hydrogens (tertiary/aromatic N) is 1. The Morgan fingerprint density at radius 1 is 1.21 bits per heavy atom. The number of hydrogen-bond acceptors (Lipinski definition) is 3. The van der Waals surface area contributed by atoms with Crippen molar-refractivity contribution in [2.24, 2.45) is 4.99 Å². The van der Waals surface area contributed by atoms with E-state index in [0.717, 1.165) is 31.2 Å². The van der Waals surface area contributed by atoms with E-state index in [4.69, 9.17) is 9.47 Å². The van der Waals surface area contributed by atoms with Crippen LogP contribution in [0.2, 0.25) is 0 Å². The second-order valence-electron chi connectivity index (χ2n) is 6.15. The van der Waals surface area contributed by atoms with Crippen molar-refractivity contribution < 1.29 is 9.47 Å². The molecule has 0 aliphatic heterocycles. The van der Waals surface area contributed by atoms with Gasteiger partial charge in [0.05, 0.1) is 19.3 Å². The van der Waals surface area contributed by atoms with Crippen LogP contribution in [-0.2, 0) is 11.2 Å². The van der Waals surface area contributed by atoms with Gasteiger partial charge in [0.25, 0.3) is 0 Å². The van der Waals surface area contributed by atoms with Crippen molar-refractivity contribution in [3.8, 4) is 5.75 Å². The summed E-state index contributed by atoms with van der Waals surface area (Å²) >= 11 is 0. The maximum atomic E-state index is 5.42. The Kier molecular flexibility index (Phi) is 11.0. The summed E-state index contributed by atoms with van der Waals surface area (Å²) in [5.74, 6) is 1.74. The molecule has 0 heterocycles. The lowest BCUT2D eigenvalue weighted by Crippen LogP contribution is -2.40. The summed E-state index contributed by atoms with van der Waals surface area (Å²) in [7, 11) is 3.42. The van der Waals surface area contributed by atoms with Crippen molar-refractivity contribution in [3.05, 3.63) is 29.3 Å². The molecule has 0 spiro atoms. The van der Waals surface area contributed by atoms with Crippen LogP contribution in [0, 0.1) is 6.92 Å². The number of nitrogens with one attached hydrogen (secondary N) is 2. The van der Waals surface area contributed by atoms with E-state index in [9.17, 15) is 0 Å². The highest BCUT2D eigenvalue weighted by atomic mass is 127. The lowest BCUT2D eigenvalue weighted by Gasteiger charge is -2.21. The number of guanidine groups is 1. The van der Waals surface area contributed by atoms with Gasteiger partial charge < -0.3 is 20.1 Å². The maximum Gasteiger partial charge on any atom is 0.191 e. The van der Waals surface area contributed by atoms with Crippen molar-refractivity contribution >= 4 is 29.9 Å². The highest BCUT2D eigenvalue weighted by Crippen LogP contribution is 2.19. The first-order valence-corrected chi connectivity index (χ1v) is 8.12. The third-order valence-electron chi connectivity index (χ3n) is 3.64. The highest BCUT2D eigenvalue weighted by Gasteiger charge is 2.15. The molecule has 0 bridgehead atoms. The number of rotatable bonds is 8. The third kappa shape index (κ3) is 8.19. The average molecular weight is 449 g/mol. The smallest absolute Gasteiger partial charge is 0.191 e. The minimum Gasteiger partial charge on any atom is -0.496 e. The molecule has 2 N–H and O–H groups in total. The van der Waals surface area contributed by atoms with E-state index in [1.165, 1.54) is 11.1 Å². The molecule has 24 heavy (non-hydrogen) atoms. The number of halogens is 1. The summed E-state index contributed by atoms with van der Waals surface area (Å²) in [6.45, 7) is 10.4. The third-order valence-corrected chi connectivity index (χ3v) is 3.64. The number of aryl methyl sites for hydroxylation is 1. The van der Waals surface area contributed by atoms with E-state index in [2.05, 4.69) is 41.6 Å². The van der Waals surface area contributed by atoms with Crippen LogP contribution in [0.1, 0.15) is 31.9 Å². The predicted molar refractivity (Wildman–Crippen MR) is 112 cm³/mol. The molecular formula is C18H32IN3O2. The first-order chi connectivity index (χ1) is 10.9. The Labute approximate surface area is 163 Å². The Morgan fingerprint density at radius 3 is 2.50 bits per heavy atom. The van der Waals surface area contributed by atoms with Crippen molar-refractivity contribution in [1.82, 2.24) is 10.6 Å². The molecule has 0 aliphatic carbocycles. The molecule has 0 saturated carbocycles. The fraction of sp³-hybridized carbons (Fsp3) is 0.611. The molecule has 0 fully saturated rings. The molecule has 0 atom stereocenters. The molecule has 0 radical (unpaired) electrons. The zero-order valence-corrected chi connectivity index (χ0v) is 18.1. The normalized spacial score (nSPS) is 11.7. The highest BCUT2D eigenvalue weighted by molar-refractivity contribution is 14.0. The van der Waals surface area contributed by atoms with Crippen LogP contribution in [-0.4, -0.2) is 45.4 Å². The summed E-state index contributed by atoms with van der Waals surface area (Å²) in [5.41, 5.74) is 2.18. The molecule has 0 amide bonds. The Bertz CT molecular complexity index is 519. The molecule has 0 saturated heterocycles. The topological polar surface area (TPSA) is 54.9 Å². The molecular weight excluding hydrogens is 417 g/mol. The summed E-state index contributed by atoms with van der Waals surface area (Å²) in [4.78, 5) is 4.59. The van der Waals surface area contributed by atoms with Gasteiger partial charge in [0.1, 0.15) is 5.75 Å². The zero-order valence-electron chi connectivity index (χ0n) is 15.7. The monoisotopic (exact) mass is 449 g/mol. The fourth-order valence-electron chi connectivity index (χ4n) is 2.09. The predicted octanol–water partition coefficient (Wildman–Crippen LogP) is 3.14.